The number of amides is 1. The van der Waals surface area contributed by atoms with Crippen LogP contribution in [0.3, 0.4) is 0 Å². The van der Waals surface area contributed by atoms with Crippen LogP contribution < -0.4 is 0 Å². The van der Waals surface area contributed by atoms with Gasteiger partial charge in [0.15, 0.2) is 0 Å². The minimum absolute atomic E-state index is 0.0876. The summed E-state index contributed by atoms with van der Waals surface area (Å²) in [6.45, 7) is 3.58. The highest BCUT2D eigenvalue weighted by Crippen LogP contribution is 2.40. The van der Waals surface area contributed by atoms with E-state index < -0.39 is 0 Å². The molecule has 0 saturated heterocycles. The van der Waals surface area contributed by atoms with Crippen molar-refractivity contribution in [3.63, 3.8) is 0 Å². The average molecular weight is 313 g/mol. The van der Waals surface area contributed by atoms with Gasteiger partial charge in [-0.3, -0.25) is 4.79 Å². The van der Waals surface area contributed by atoms with Gasteiger partial charge in [0, 0.05) is 25.5 Å². The first kappa shape index (κ1) is 14.5. The molecule has 5 nitrogen and oxygen atoms in total. The van der Waals surface area contributed by atoms with E-state index in [4.69, 9.17) is 4.42 Å². The predicted octanol–water partition coefficient (Wildman–Crippen LogP) is 3.56. The highest BCUT2D eigenvalue weighted by molar-refractivity contribution is 5.95. The number of carbonyl (C=O) groups excluding carboxylic acids is 1. The van der Waals surface area contributed by atoms with E-state index >= 15 is 0 Å². The number of rotatable bonds is 2. The highest BCUT2D eigenvalue weighted by atomic mass is 16.3. The third kappa shape index (κ3) is 2.48. The number of furan rings is 1. The van der Waals surface area contributed by atoms with Crippen LogP contribution in [0, 0.1) is 12.8 Å². The molecule has 4 rings (SSSR count). The van der Waals surface area contributed by atoms with Gasteiger partial charge in [0.1, 0.15) is 11.6 Å². The highest BCUT2D eigenvalue weighted by Gasteiger charge is 2.38. The summed E-state index contributed by atoms with van der Waals surface area (Å²) >= 11 is 0. The third-order valence-corrected chi connectivity index (χ3v) is 5.34. The Hall–Kier alpha value is -2.04. The van der Waals surface area contributed by atoms with E-state index in [0.717, 1.165) is 25.3 Å². The molecule has 0 radical (unpaired) electrons. The van der Waals surface area contributed by atoms with Crippen LogP contribution in [-0.4, -0.2) is 26.9 Å². The molecule has 1 unspecified atom stereocenters. The van der Waals surface area contributed by atoms with Crippen LogP contribution in [0.1, 0.15) is 60.1 Å². The Morgan fingerprint density at radius 2 is 2.09 bits per heavy atom. The molecule has 122 valence electrons. The summed E-state index contributed by atoms with van der Waals surface area (Å²) in [5.41, 5.74) is 0.688. The lowest BCUT2D eigenvalue weighted by Gasteiger charge is -2.33. The van der Waals surface area contributed by atoms with Crippen molar-refractivity contribution in [3.8, 4) is 0 Å². The topological polar surface area (TPSA) is 51.3 Å². The quantitative estimate of drug-likeness (QED) is 0.852. The molecule has 0 bridgehead atoms. The first-order valence-corrected chi connectivity index (χ1v) is 8.62. The van der Waals surface area contributed by atoms with E-state index in [2.05, 4.69) is 14.5 Å². The van der Waals surface area contributed by atoms with Crippen molar-refractivity contribution in [2.45, 2.75) is 51.6 Å². The average Bonchev–Trinajstić information content (AvgIpc) is 3.28. The van der Waals surface area contributed by atoms with Crippen molar-refractivity contribution in [3.05, 3.63) is 41.9 Å². The number of fused-ring (bicyclic) bond motifs is 1. The van der Waals surface area contributed by atoms with Gasteiger partial charge in [-0.2, -0.15) is 0 Å². The van der Waals surface area contributed by atoms with Crippen molar-refractivity contribution in [2.75, 3.05) is 6.54 Å². The maximum atomic E-state index is 13.2. The molecule has 1 fully saturated rings. The maximum absolute atomic E-state index is 13.2. The van der Waals surface area contributed by atoms with Crippen molar-refractivity contribution >= 4 is 5.91 Å². The molecule has 2 aromatic rings. The lowest BCUT2D eigenvalue weighted by Crippen LogP contribution is -2.38. The molecule has 0 aromatic carbocycles. The molecule has 0 N–H and O–H groups in total. The predicted molar refractivity (Wildman–Crippen MR) is 86.0 cm³/mol. The van der Waals surface area contributed by atoms with Crippen molar-refractivity contribution in [1.82, 2.24) is 14.5 Å². The molecule has 5 heteroatoms. The van der Waals surface area contributed by atoms with Gasteiger partial charge >= 0.3 is 0 Å². The molecule has 3 heterocycles. The first-order valence-electron chi connectivity index (χ1n) is 8.62. The molecule has 23 heavy (non-hydrogen) atoms. The van der Waals surface area contributed by atoms with Gasteiger partial charge in [0.2, 0.25) is 0 Å². The minimum Gasteiger partial charge on any atom is -0.469 e. The van der Waals surface area contributed by atoms with E-state index in [1.165, 1.54) is 25.7 Å². The maximum Gasteiger partial charge on any atom is 0.258 e. The number of aryl methyl sites for hydroxylation is 2. The van der Waals surface area contributed by atoms with Crippen molar-refractivity contribution < 1.29 is 9.21 Å². The molecule has 1 aliphatic carbocycles. The first-order chi connectivity index (χ1) is 11.3. The monoisotopic (exact) mass is 313 g/mol. The Morgan fingerprint density at radius 3 is 2.83 bits per heavy atom. The van der Waals surface area contributed by atoms with Crippen LogP contribution in [0.4, 0.5) is 0 Å². The van der Waals surface area contributed by atoms with Gasteiger partial charge in [0.05, 0.1) is 17.9 Å². The van der Waals surface area contributed by atoms with Crippen molar-refractivity contribution in [1.29, 1.82) is 0 Å². The molecular weight excluding hydrogens is 290 g/mol. The number of imidazole rings is 1. The summed E-state index contributed by atoms with van der Waals surface area (Å²) in [7, 11) is 0. The fourth-order valence-corrected chi connectivity index (χ4v) is 4.19. The van der Waals surface area contributed by atoms with Crippen molar-refractivity contribution in [2.24, 2.45) is 5.92 Å². The van der Waals surface area contributed by atoms with Gasteiger partial charge in [-0.1, -0.05) is 12.8 Å². The van der Waals surface area contributed by atoms with Crippen LogP contribution >= 0.6 is 0 Å². The van der Waals surface area contributed by atoms with Crippen LogP contribution in [0.25, 0.3) is 0 Å². The van der Waals surface area contributed by atoms with Crippen LogP contribution in [0.15, 0.2) is 29.1 Å². The molecular formula is C18H23N3O2. The summed E-state index contributed by atoms with van der Waals surface area (Å²) in [4.78, 5) is 19.8. The SMILES string of the molecule is Cc1occc1C(=O)N1CCCn2ccnc2C1C1CCCC1. The van der Waals surface area contributed by atoms with E-state index in [0.29, 0.717) is 17.2 Å². The minimum atomic E-state index is 0.0876. The lowest BCUT2D eigenvalue weighted by atomic mass is 9.95. The summed E-state index contributed by atoms with van der Waals surface area (Å²) in [5, 5.41) is 0. The molecule has 1 atom stereocenters. The number of hydrogen-bond acceptors (Lipinski definition) is 3. The van der Waals surface area contributed by atoms with E-state index in [1.807, 2.05) is 19.3 Å². The molecule has 1 amide bonds. The molecule has 2 aromatic heterocycles. The van der Waals surface area contributed by atoms with Gasteiger partial charge in [-0.05, 0) is 38.2 Å². The van der Waals surface area contributed by atoms with E-state index in [9.17, 15) is 4.79 Å². The summed E-state index contributed by atoms with van der Waals surface area (Å²) in [5.74, 6) is 2.37. The second-order valence-electron chi connectivity index (χ2n) is 6.71. The lowest BCUT2D eigenvalue weighted by molar-refractivity contribution is 0.0601. The molecule has 2 aliphatic rings. The fourth-order valence-electron chi connectivity index (χ4n) is 4.19. The number of aromatic nitrogens is 2. The third-order valence-electron chi connectivity index (χ3n) is 5.34. The Kier molecular flexibility index (Phi) is 3.71. The zero-order valence-corrected chi connectivity index (χ0v) is 13.6. The van der Waals surface area contributed by atoms with E-state index in [-0.39, 0.29) is 11.9 Å². The summed E-state index contributed by atoms with van der Waals surface area (Å²) < 4.78 is 7.59. The fraction of sp³-hybridized carbons (Fsp3) is 0.556. The summed E-state index contributed by atoms with van der Waals surface area (Å²) in [6, 6.07) is 1.89. The number of nitrogens with zero attached hydrogens (tertiary/aromatic N) is 3. The standard InChI is InChI=1S/C18H23N3O2/c1-13-15(7-12-23-13)18(22)21-10-4-9-20-11-8-19-17(20)16(21)14-5-2-3-6-14/h7-8,11-12,14,16H,2-6,9-10H2,1H3. The van der Waals surface area contributed by atoms with E-state index in [1.54, 1.807) is 12.3 Å². The van der Waals surface area contributed by atoms with Gasteiger partial charge in [-0.15, -0.1) is 0 Å². The Labute approximate surface area is 136 Å². The molecule has 1 aliphatic heterocycles. The molecule has 1 saturated carbocycles. The van der Waals surface area contributed by atoms with Gasteiger partial charge in [0.25, 0.3) is 5.91 Å². The largest absolute Gasteiger partial charge is 0.469 e. The van der Waals surface area contributed by atoms with Crippen LogP contribution in [-0.2, 0) is 6.54 Å². The van der Waals surface area contributed by atoms with Crippen LogP contribution in [0.2, 0.25) is 0 Å². The second-order valence-corrected chi connectivity index (χ2v) is 6.71. The number of carbonyl (C=O) groups is 1. The normalized spacial score (nSPS) is 22.1. The Balaban J connectivity index is 1.74. The van der Waals surface area contributed by atoms with Gasteiger partial charge < -0.3 is 13.9 Å². The smallest absolute Gasteiger partial charge is 0.258 e. The Morgan fingerprint density at radius 1 is 1.26 bits per heavy atom. The molecule has 0 spiro atoms. The van der Waals surface area contributed by atoms with Crippen LogP contribution in [0.5, 0.6) is 0 Å². The van der Waals surface area contributed by atoms with Gasteiger partial charge in [-0.25, -0.2) is 4.98 Å². The Bertz CT molecular complexity index is 697. The number of hydrogen-bond donors (Lipinski definition) is 0. The summed E-state index contributed by atoms with van der Waals surface area (Å²) in [6.07, 6.45) is 11.4. The second kappa shape index (κ2) is 5.87. The zero-order valence-electron chi connectivity index (χ0n) is 13.6. The zero-order chi connectivity index (χ0) is 15.8.